The van der Waals surface area contributed by atoms with Crippen LogP contribution in [0.25, 0.3) is 0 Å². The number of aromatic nitrogens is 2. The van der Waals surface area contributed by atoms with Crippen molar-refractivity contribution in [1.29, 1.82) is 0 Å². The van der Waals surface area contributed by atoms with Gasteiger partial charge in [-0.05, 0) is 18.4 Å². The number of anilines is 1. The summed E-state index contributed by atoms with van der Waals surface area (Å²) in [7, 11) is 1.93. The summed E-state index contributed by atoms with van der Waals surface area (Å²) in [5.41, 5.74) is 2.46. The average molecular weight is 229 g/mol. The van der Waals surface area contributed by atoms with Crippen LogP contribution in [0.5, 0.6) is 0 Å². The minimum Gasteiger partial charge on any atom is -0.379 e. The Morgan fingerprint density at radius 2 is 2.06 bits per heavy atom. The molecule has 90 valence electrons. The summed E-state index contributed by atoms with van der Waals surface area (Å²) in [6.07, 6.45) is 6.03. The number of rotatable bonds is 5. The molecule has 2 rings (SSSR count). The van der Waals surface area contributed by atoms with Crippen molar-refractivity contribution in [2.24, 2.45) is 7.05 Å². The third kappa shape index (κ3) is 3.34. The first-order valence-corrected chi connectivity index (χ1v) is 6.07. The third-order valence-electron chi connectivity index (χ3n) is 2.89. The molecule has 0 bridgehead atoms. The summed E-state index contributed by atoms with van der Waals surface area (Å²) in [5.74, 6) is 0. The van der Waals surface area contributed by atoms with E-state index in [0.29, 0.717) is 6.04 Å². The van der Waals surface area contributed by atoms with Gasteiger partial charge in [-0.1, -0.05) is 37.3 Å². The van der Waals surface area contributed by atoms with Gasteiger partial charge >= 0.3 is 0 Å². The molecular formula is C14H19N3. The van der Waals surface area contributed by atoms with Crippen LogP contribution in [0.1, 0.15) is 18.9 Å². The molecule has 0 saturated carbocycles. The van der Waals surface area contributed by atoms with E-state index in [2.05, 4.69) is 47.7 Å². The minimum absolute atomic E-state index is 0.460. The molecule has 3 heteroatoms. The van der Waals surface area contributed by atoms with E-state index in [9.17, 15) is 0 Å². The smallest absolute Gasteiger partial charge is 0.0728 e. The fourth-order valence-electron chi connectivity index (χ4n) is 1.93. The van der Waals surface area contributed by atoms with Crippen molar-refractivity contribution < 1.29 is 0 Å². The lowest BCUT2D eigenvalue weighted by molar-refractivity contribution is 0.690. The maximum atomic E-state index is 4.17. The summed E-state index contributed by atoms with van der Waals surface area (Å²) in [5, 5.41) is 7.68. The molecule has 1 heterocycles. The second kappa shape index (κ2) is 5.53. The van der Waals surface area contributed by atoms with Crippen LogP contribution >= 0.6 is 0 Å². The third-order valence-corrected chi connectivity index (χ3v) is 2.89. The van der Waals surface area contributed by atoms with Crippen molar-refractivity contribution in [2.75, 3.05) is 5.32 Å². The quantitative estimate of drug-likeness (QED) is 0.854. The Labute approximate surface area is 102 Å². The Morgan fingerprint density at radius 1 is 1.29 bits per heavy atom. The van der Waals surface area contributed by atoms with Gasteiger partial charge in [-0.2, -0.15) is 5.10 Å². The maximum absolute atomic E-state index is 4.17. The van der Waals surface area contributed by atoms with E-state index >= 15 is 0 Å². The second-order valence-corrected chi connectivity index (χ2v) is 4.34. The van der Waals surface area contributed by atoms with Gasteiger partial charge in [-0.3, -0.25) is 4.68 Å². The number of benzene rings is 1. The Bertz CT molecular complexity index is 448. The van der Waals surface area contributed by atoms with Gasteiger partial charge in [0.25, 0.3) is 0 Å². The predicted molar refractivity (Wildman–Crippen MR) is 71.1 cm³/mol. The number of aryl methyl sites for hydroxylation is 1. The molecule has 2 aromatic rings. The van der Waals surface area contributed by atoms with Crippen LogP contribution < -0.4 is 5.32 Å². The summed E-state index contributed by atoms with van der Waals surface area (Å²) < 4.78 is 1.82. The van der Waals surface area contributed by atoms with Gasteiger partial charge in [0.15, 0.2) is 0 Å². The molecule has 0 amide bonds. The van der Waals surface area contributed by atoms with Gasteiger partial charge in [0.05, 0.1) is 11.9 Å². The topological polar surface area (TPSA) is 29.9 Å². The van der Waals surface area contributed by atoms with Crippen LogP contribution in [0, 0.1) is 0 Å². The van der Waals surface area contributed by atoms with Gasteiger partial charge in [-0.15, -0.1) is 0 Å². The molecule has 1 N–H and O–H groups in total. The van der Waals surface area contributed by atoms with Crippen LogP contribution in [0.15, 0.2) is 42.7 Å². The van der Waals surface area contributed by atoms with Crippen LogP contribution in [0.2, 0.25) is 0 Å². The van der Waals surface area contributed by atoms with Gasteiger partial charge in [0.2, 0.25) is 0 Å². The van der Waals surface area contributed by atoms with Crippen molar-refractivity contribution in [3.05, 3.63) is 48.3 Å². The first-order chi connectivity index (χ1) is 8.28. The molecule has 0 saturated heterocycles. The van der Waals surface area contributed by atoms with Crippen molar-refractivity contribution in [3.8, 4) is 0 Å². The standard InChI is InChI=1S/C14H19N3/c1-3-13(9-12-7-5-4-6-8-12)16-14-10-15-17(2)11-14/h4-8,10-11,13,16H,3,9H2,1-2H3. The van der Waals surface area contributed by atoms with Crippen LogP contribution in [-0.4, -0.2) is 15.8 Å². The van der Waals surface area contributed by atoms with Crippen LogP contribution in [0.4, 0.5) is 5.69 Å². The summed E-state index contributed by atoms with van der Waals surface area (Å²) in [4.78, 5) is 0. The van der Waals surface area contributed by atoms with Crippen LogP contribution in [0.3, 0.4) is 0 Å². The highest BCUT2D eigenvalue weighted by atomic mass is 15.3. The summed E-state index contributed by atoms with van der Waals surface area (Å²) in [6, 6.07) is 11.0. The van der Waals surface area contributed by atoms with E-state index in [1.165, 1.54) is 5.56 Å². The Kier molecular flexibility index (Phi) is 3.81. The van der Waals surface area contributed by atoms with Crippen molar-refractivity contribution in [1.82, 2.24) is 9.78 Å². The predicted octanol–water partition coefficient (Wildman–Crippen LogP) is 2.85. The average Bonchev–Trinajstić information content (AvgIpc) is 2.75. The number of hydrogen-bond acceptors (Lipinski definition) is 2. The van der Waals surface area contributed by atoms with Gasteiger partial charge < -0.3 is 5.32 Å². The molecular weight excluding hydrogens is 210 g/mol. The second-order valence-electron chi connectivity index (χ2n) is 4.34. The van der Waals surface area contributed by atoms with Crippen molar-refractivity contribution in [3.63, 3.8) is 0 Å². The molecule has 1 atom stereocenters. The molecule has 0 aliphatic heterocycles. The Hall–Kier alpha value is -1.77. The zero-order chi connectivity index (χ0) is 12.1. The Balaban J connectivity index is 1.98. The van der Waals surface area contributed by atoms with Crippen molar-refractivity contribution >= 4 is 5.69 Å². The highest BCUT2D eigenvalue weighted by Crippen LogP contribution is 2.12. The first kappa shape index (κ1) is 11.7. The van der Waals surface area contributed by atoms with Gasteiger partial charge in [-0.25, -0.2) is 0 Å². The fourth-order valence-corrected chi connectivity index (χ4v) is 1.93. The molecule has 1 unspecified atom stereocenters. The van der Waals surface area contributed by atoms with E-state index in [-0.39, 0.29) is 0 Å². The Morgan fingerprint density at radius 3 is 2.65 bits per heavy atom. The molecule has 1 aromatic heterocycles. The monoisotopic (exact) mass is 229 g/mol. The summed E-state index contributed by atoms with van der Waals surface area (Å²) in [6.45, 7) is 2.21. The minimum atomic E-state index is 0.460. The lowest BCUT2D eigenvalue weighted by Gasteiger charge is -2.16. The van der Waals surface area contributed by atoms with E-state index in [0.717, 1.165) is 18.5 Å². The summed E-state index contributed by atoms with van der Waals surface area (Å²) >= 11 is 0. The number of hydrogen-bond donors (Lipinski definition) is 1. The first-order valence-electron chi connectivity index (χ1n) is 6.07. The highest BCUT2D eigenvalue weighted by Gasteiger charge is 2.07. The molecule has 0 fully saturated rings. The fraction of sp³-hybridized carbons (Fsp3) is 0.357. The molecule has 17 heavy (non-hydrogen) atoms. The lowest BCUT2D eigenvalue weighted by Crippen LogP contribution is -2.20. The van der Waals surface area contributed by atoms with E-state index in [1.807, 2.05) is 24.1 Å². The van der Waals surface area contributed by atoms with E-state index in [4.69, 9.17) is 0 Å². The number of nitrogens with one attached hydrogen (secondary N) is 1. The number of nitrogens with zero attached hydrogens (tertiary/aromatic N) is 2. The van der Waals surface area contributed by atoms with E-state index < -0.39 is 0 Å². The van der Waals surface area contributed by atoms with Gasteiger partial charge in [0.1, 0.15) is 0 Å². The van der Waals surface area contributed by atoms with Crippen molar-refractivity contribution in [2.45, 2.75) is 25.8 Å². The maximum Gasteiger partial charge on any atom is 0.0728 e. The molecule has 3 nitrogen and oxygen atoms in total. The molecule has 0 radical (unpaired) electrons. The molecule has 1 aromatic carbocycles. The van der Waals surface area contributed by atoms with E-state index in [1.54, 1.807) is 0 Å². The molecule has 0 aliphatic carbocycles. The van der Waals surface area contributed by atoms with Crippen LogP contribution in [-0.2, 0) is 13.5 Å². The zero-order valence-electron chi connectivity index (χ0n) is 10.4. The lowest BCUT2D eigenvalue weighted by atomic mass is 10.0. The highest BCUT2D eigenvalue weighted by molar-refractivity contribution is 5.39. The molecule has 0 aliphatic rings. The zero-order valence-corrected chi connectivity index (χ0v) is 10.4. The normalized spacial score (nSPS) is 12.4. The largest absolute Gasteiger partial charge is 0.379 e. The SMILES string of the molecule is CCC(Cc1ccccc1)Nc1cnn(C)c1. The van der Waals surface area contributed by atoms with Gasteiger partial charge in [0, 0.05) is 19.3 Å². The molecule has 0 spiro atoms.